The first-order chi connectivity index (χ1) is 15.3. The molecule has 4 aromatic rings. The Morgan fingerprint density at radius 3 is 2.62 bits per heavy atom. The van der Waals surface area contributed by atoms with Crippen molar-refractivity contribution >= 4 is 34.7 Å². The number of nitrogens with zero attached hydrogens (tertiary/aromatic N) is 3. The summed E-state index contributed by atoms with van der Waals surface area (Å²) in [7, 11) is 1.39. The van der Waals surface area contributed by atoms with Gasteiger partial charge < -0.3 is 15.2 Å². The van der Waals surface area contributed by atoms with Crippen molar-refractivity contribution in [2.24, 2.45) is 0 Å². The van der Waals surface area contributed by atoms with Crippen LogP contribution in [0.3, 0.4) is 0 Å². The Hall–Kier alpha value is -4.17. The topological polar surface area (TPSA) is 110 Å². The zero-order valence-corrected chi connectivity index (χ0v) is 17.4. The van der Waals surface area contributed by atoms with Crippen LogP contribution in [0.1, 0.15) is 27.0 Å². The number of hydrogen-bond donors (Lipinski definition) is 3. The van der Waals surface area contributed by atoms with Crippen LogP contribution in [0.15, 0.2) is 66.7 Å². The highest BCUT2D eigenvalue weighted by Gasteiger charge is 2.50. The van der Waals surface area contributed by atoms with E-state index in [0.29, 0.717) is 33.4 Å². The molecule has 1 aromatic heterocycles. The van der Waals surface area contributed by atoms with Crippen LogP contribution in [0.5, 0.6) is 0 Å². The predicted molar refractivity (Wildman–Crippen MR) is 120 cm³/mol. The predicted octanol–water partition coefficient (Wildman–Crippen LogP) is 3.84. The Morgan fingerprint density at radius 2 is 1.88 bits per heavy atom. The largest absolute Gasteiger partial charge is 0.465 e. The van der Waals surface area contributed by atoms with Crippen LogP contribution < -0.4 is 9.80 Å². The molecule has 0 aliphatic carbocycles. The normalized spacial score (nSPS) is 17.6. The first kappa shape index (κ1) is 19.8. The highest BCUT2D eigenvalue weighted by atomic mass is 16.4. The first-order valence-electron chi connectivity index (χ1n) is 10.0. The van der Waals surface area contributed by atoms with Gasteiger partial charge in [-0.1, -0.05) is 36.4 Å². The molecule has 0 radical (unpaired) electrons. The monoisotopic (exact) mass is 428 g/mol. The lowest BCUT2D eigenvalue weighted by Crippen LogP contribution is -2.45. The SMILES string of the molecule is Cc1cccc(N2C(=O)c3ccccc3C2(O)c2ccc3[nH]c(N(C)C(=O)O)nc3c2)c1. The maximum Gasteiger partial charge on any atom is 0.413 e. The van der Waals surface area contributed by atoms with E-state index in [2.05, 4.69) is 9.97 Å². The molecule has 1 atom stereocenters. The molecule has 0 bridgehead atoms. The van der Waals surface area contributed by atoms with Gasteiger partial charge in [-0.05, 0) is 42.8 Å². The minimum Gasteiger partial charge on any atom is -0.465 e. The van der Waals surface area contributed by atoms with Gasteiger partial charge in [0.15, 0.2) is 5.72 Å². The third-order valence-electron chi connectivity index (χ3n) is 5.80. The van der Waals surface area contributed by atoms with Crippen LogP contribution in [0, 0.1) is 6.92 Å². The number of rotatable bonds is 3. The summed E-state index contributed by atoms with van der Waals surface area (Å²) in [6.45, 7) is 1.92. The van der Waals surface area contributed by atoms with Crippen LogP contribution in [-0.2, 0) is 5.72 Å². The maximum absolute atomic E-state index is 13.4. The van der Waals surface area contributed by atoms with E-state index < -0.39 is 11.8 Å². The average molecular weight is 428 g/mol. The van der Waals surface area contributed by atoms with Crippen molar-refractivity contribution in [2.75, 3.05) is 16.8 Å². The van der Waals surface area contributed by atoms with E-state index in [0.717, 1.165) is 10.5 Å². The summed E-state index contributed by atoms with van der Waals surface area (Å²) in [6, 6.07) is 19.5. The first-order valence-corrected chi connectivity index (χ1v) is 10.0. The molecular weight excluding hydrogens is 408 g/mol. The van der Waals surface area contributed by atoms with Crippen molar-refractivity contribution in [2.45, 2.75) is 12.6 Å². The van der Waals surface area contributed by atoms with Gasteiger partial charge >= 0.3 is 6.09 Å². The second-order valence-corrected chi connectivity index (χ2v) is 7.83. The second kappa shape index (κ2) is 6.93. The Balaban J connectivity index is 1.72. The number of aromatic amines is 1. The van der Waals surface area contributed by atoms with E-state index in [1.807, 2.05) is 25.1 Å². The van der Waals surface area contributed by atoms with Crippen molar-refractivity contribution in [1.29, 1.82) is 0 Å². The number of carbonyl (C=O) groups excluding carboxylic acids is 1. The zero-order chi connectivity index (χ0) is 22.6. The lowest BCUT2D eigenvalue weighted by molar-refractivity contribution is 0.0704. The van der Waals surface area contributed by atoms with Gasteiger partial charge in [-0.25, -0.2) is 9.78 Å². The number of carbonyl (C=O) groups is 2. The average Bonchev–Trinajstić information content (AvgIpc) is 3.30. The molecule has 2 amide bonds. The second-order valence-electron chi connectivity index (χ2n) is 7.83. The molecule has 3 N–H and O–H groups in total. The van der Waals surface area contributed by atoms with Crippen LogP contribution in [-0.4, -0.2) is 39.2 Å². The summed E-state index contributed by atoms with van der Waals surface area (Å²) in [5, 5.41) is 21.3. The summed E-state index contributed by atoms with van der Waals surface area (Å²) >= 11 is 0. The van der Waals surface area contributed by atoms with Gasteiger partial charge in [0, 0.05) is 29.4 Å². The Morgan fingerprint density at radius 1 is 1.09 bits per heavy atom. The Kier molecular flexibility index (Phi) is 4.28. The molecular formula is C24H20N4O4. The molecule has 1 aliphatic heterocycles. The molecule has 3 aromatic carbocycles. The Labute approximate surface area is 183 Å². The number of aliphatic hydroxyl groups is 1. The van der Waals surface area contributed by atoms with Gasteiger partial charge in [0.25, 0.3) is 5.91 Å². The summed E-state index contributed by atoms with van der Waals surface area (Å²) in [5.74, 6) is -0.141. The number of fused-ring (bicyclic) bond motifs is 2. The zero-order valence-electron chi connectivity index (χ0n) is 17.4. The van der Waals surface area contributed by atoms with Crippen molar-refractivity contribution in [1.82, 2.24) is 9.97 Å². The molecule has 2 heterocycles. The van der Waals surface area contributed by atoms with Crippen LogP contribution in [0.2, 0.25) is 0 Å². The van der Waals surface area contributed by atoms with E-state index in [1.165, 1.54) is 11.9 Å². The quantitative estimate of drug-likeness (QED) is 0.459. The molecule has 8 nitrogen and oxygen atoms in total. The lowest BCUT2D eigenvalue weighted by Gasteiger charge is -2.35. The summed E-state index contributed by atoms with van der Waals surface area (Å²) < 4.78 is 0. The molecule has 0 fully saturated rings. The van der Waals surface area contributed by atoms with Gasteiger partial charge in [-0.15, -0.1) is 0 Å². The van der Waals surface area contributed by atoms with E-state index in [1.54, 1.807) is 48.5 Å². The van der Waals surface area contributed by atoms with Crippen molar-refractivity contribution in [3.8, 4) is 0 Å². The standard InChI is InChI=1S/C24H20N4O4/c1-14-6-5-7-16(12-14)28-21(29)17-8-3-4-9-18(17)24(28,32)15-10-11-19-20(13-15)26-22(25-19)27(2)23(30)31/h3-13,32H,1-2H3,(H,25,26)(H,30,31). The van der Waals surface area contributed by atoms with Crippen LogP contribution in [0.4, 0.5) is 16.4 Å². The number of imidazole rings is 1. The number of anilines is 2. The Bertz CT molecular complexity index is 1400. The van der Waals surface area contributed by atoms with E-state index in [9.17, 15) is 19.8 Å². The summed E-state index contributed by atoms with van der Waals surface area (Å²) in [5.41, 5.74) is 2.20. The molecule has 0 saturated carbocycles. The number of nitrogens with one attached hydrogen (secondary N) is 1. The fraction of sp³-hybridized carbons (Fsp3) is 0.125. The summed E-state index contributed by atoms with van der Waals surface area (Å²) in [6.07, 6.45) is -1.15. The lowest BCUT2D eigenvalue weighted by atomic mass is 9.93. The number of aromatic nitrogens is 2. The minimum absolute atomic E-state index is 0.162. The van der Waals surface area contributed by atoms with E-state index in [-0.39, 0.29) is 11.9 Å². The third-order valence-corrected chi connectivity index (χ3v) is 5.80. The molecule has 160 valence electrons. The highest BCUT2D eigenvalue weighted by Crippen LogP contribution is 2.45. The highest BCUT2D eigenvalue weighted by molar-refractivity contribution is 6.12. The molecule has 1 unspecified atom stereocenters. The number of benzene rings is 3. The smallest absolute Gasteiger partial charge is 0.413 e. The van der Waals surface area contributed by atoms with E-state index in [4.69, 9.17) is 0 Å². The van der Waals surface area contributed by atoms with Crippen molar-refractivity contribution in [3.05, 3.63) is 89.0 Å². The van der Waals surface area contributed by atoms with Crippen LogP contribution >= 0.6 is 0 Å². The molecule has 8 heteroatoms. The van der Waals surface area contributed by atoms with E-state index >= 15 is 0 Å². The molecule has 0 saturated heterocycles. The third kappa shape index (κ3) is 2.77. The van der Waals surface area contributed by atoms with Gasteiger partial charge in [-0.3, -0.25) is 14.6 Å². The molecule has 5 rings (SSSR count). The van der Waals surface area contributed by atoms with Gasteiger partial charge in [0.1, 0.15) is 0 Å². The van der Waals surface area contributed by atoms with Crippen molar-refractivity contribution in [3.63, 3.8) is 0 Å². The number of amides is 2. The number of H-pyrrole nitrogens is 1. The molecule has 1 aliphatic rings. The van der Waals surface area contributed by atoms with Gasteiger partial charge in [-0.2, -0.15) is 0 Å². The molecule has 0 spiro atoms. The fourth-order valence-electron chi connectivity index (χ4n) is 4.18. The fourth-order valence-corrected chi connectivity index (χ4v) is 4.18. The van der Waals surface area contributed by atoms with Crippen LogP contribution in [0.25, 0.3) is 11.0 Å². The van der Waals surface area contributed by atoms with Gasteiger partial charge in [0.05, 0.1) is 11.0 Å². The number of hydrogen-bond acceptors (Lipinski definition) is 4. The summed E-state index contributed by atoms with van der Waals surface area (Å²) in [4.78, 5) is 34.4. The van der Waals surface area contributed by atoms with Crippen molar-refractivity contribution < 1.29 is 19.8 Å². The number of carboxylic acid groups (broad SMARTS) is 1. The number of aryl methyl sites for hydroxylation is 1. The van der Waals surface area contributed by atoms with Gasteiger partial charge in [0.2, 0.25) is 5.95 Å². The molecule has 32 heavy (non-hydrogen) atoms. The maximum atomic E-state index is 13.4. The minimum atomic E-state index is -1.76.